The standard InChI is InChI=1S/C13H18/c1-4-7-11(3)13-9-6-8-12(5-2)10-13/h4,6,8-11H,1,5,7H2,2-3H3. The molecule has 0 aliphatic carbocycles. The second-order valence-corrected chi connectivity index (χ2v) is 3.52. The van der Waals surface area contributed by atoms with Crippen LogP contribution in [-0.4, -0.2) is 0 Å². The van der Waals surface area contributed by atoms with Crippen molar-refractivity contribution in [1.82, 2.24) is 0 Å². The first-order valence-electron chi connectivity index (χ1n) is 4.97. The molecule has 0 bridgehead atoms. The Morgan fingerprint density at radius 1 is 1.46 bits per heavy atom. The van der Waals surface area contributed by atoms with Crippen LogP contribution in [0.1, 0.15) is 37.3 Å². The van der Waals surface area contributed by atoms with Crippen molar-refractivity contribution >= 4 is 0 Å². The second kappa shape index (κ2) is 4.86. The smallest absolute Gasteiger partial charge is 0.0156 e. The molecule has 1 atom stereocenters. The molecule has 0 aliphatic heterocycles. The third-order valence-electron chi connectivity index (χ3n) is 2.45. The van der Waals surface area contributed by atoms with E-state index in [2.05, 4.69) is 44.7 Å². The molecule has 0 amide bonds. The summed E-state index contributed by atoms with van der Waals surface area (Å²) >= 11 is 0. The van der Waals surface area contributed by atoms with Gasteiger partial charge in [-0.05, 0) is 29.9 Å². The minimum absolute atomic E-state index is 0.601. The normalized spacial score (nSPS) is 12.5. The van der Waals surface area contributed by atoms with Crippen molar-refractivity contribution in [1.29, 1.82) is 0 Å². The highest BCUT2D eigenvalue weighted by Gasteiger charge is 2.02. The SMILES string of the molecule is C=CCC(C)c1cccc(CC)c1. The predicted molar refractivity (Wildman–Crippen MR) is 59.0 cm³/mol. The van der Waals surface area contributed by atoms with Crippen molar-refractivity contribution < 1.29 is 0 Å². The summed E-state index contributed by atoms with van der Waals surface area (Å²) in [5, 5.41) is 0. The Kier molecular flexibility index (Phi) is 3.75. The highest BCUT2D eigenvalue weighted by Crippen LogP contribution is 2.20. The summed E-state index contributed by atoms with van der Waals surface area (Å²) in [7, 11) is 0. The van der Waals surface area contributed by atoms with Gasteiger partial charge >= 0.3 is 0 Å². The Morgan fingerprint density at radius 3 is 2.85 bits per heavy atom. The van der Waals surface area contributed by atoms with Gasteiger partial charge in [-0.2, -0.15) is 0 Å². The van der Waals surface area contributed by atoms with E-state index in [1.54, 1.807) is 0 Å². The van der Waals surface area contributed by atoms with Crippen molar-refractivity contribution in [3.05, 3.63) is 48.0 Å². The average molecular weight is 174 g/mol. The number of aryl methyl sites for hydroxylation is 1. The number of hydrogen-bond donors (Lipinski definition) is 0. The lowest BCUT2D eigenvalue weighted by Gasteiger charge is -2.10. The quantitative estimate of drug-likeness (QED) is 0.607. The lowest BCUT2D eigenvalue weighted by atomic mass is 9.96. The van der Waals surface area contributed by atoms with Gasteiger partial charge in [0.2, 0.25) is 0 Å². The number of hydrogen-bond acceptors (Lipinski definition) is 0. The number of rotatable bonds is 4. The van der Waals surface area contributed by atoms with E-state index in [0.29, 0.717) is 5.92 Å². The first-order valence-corrected chi connectivity index (χ1v) is 4.97. The minimum atomic E-state index is 0.601. The molecule has 0 spiro atoms. The third-order valence-corrected chi connectivity index (χ3v) is 2.45. The Hall–Kier alpha value is -1.04. The fourth-order valence-corrected chi connectivity index (χ4v) is 1.51. The molecule has 1 aromatic rings. The molecule has 0 aliphatic rings. The molecule has 0 aromatic heterocycles. The summed E-state index contributed by atoms with van der Waals surface area (Å²) in [5.74, 6) is 0.601. The molecule has 13 heavy (non-hydrogen) atoms. The summed E-state index contributed by atoms with van der Waals surface area (Å²) in [5.41, 5.74) is 2.85. The molecule has 0 radical (unpaired) electrons. The minimum Gasteiger partial charge on any atom is -0.103 e. The number of allylic oxidation sites excluding steroid dienone is 1. The highest BCUT2D eigenvalue weighted by atomic mass is 14.1. The largest absolute Gasteiger partial charge is 0.103 e. The second-order valence-electron chi connectivity index (χ2n) is 3.52. The molecule has 0 saturated carbocycles. The van der Waals surface area contributed by atoms with Crippen LogP contribution in [0.25, 0.3) is 0 Å². The first-order chi connectivity index (χ1) is 6.27. The van der Waals surface area contributed by atoms with Gasteiger partial charge in [0.05, 0.1) is 0 Å². The molecule has 70 valence electrons. The zero-order valence-electron chi connectivity index (χ0n) is 8.59. The Morgan fingerprint density at radius 2 is 2.23 bits per heavy atom. The summed E-state index contributed by atoms with van der Waals surface area (Å²) in [6.07, 6.45) is 4.17. The van der Waals surface area contributed by atoms with Crippen LogP contribution in [0.15, 0.2) is 36.9 Å². The van der Waals surface area contributed by atoms with Crippen molar-refractivity contribution in [3.63, 3.8) is 0 Å². The van der Waals surface area contributed by atoms with Crippen molar-refractivity contribution in [2.45, 2.75) is 32.6 Å². The summed E-state index contributed by atoms with van der Waals surface area (Å²) in [4.78, 5) is 0. The van der Waals surface area contributed by atoms with Crippen LogP contribution in [0.3, 0.4) is 0 Å². The molecule has 0 nitrogen and oxygen atoms in total. The van der Waals surface area contributed by atoms with Gasteiger partial charge in [-0.15, -0.1) is 6.58 Å². The van der Waals surface area contributed by atoms with Gasteiger partial charge in [0, 0.05) is 0 Å². The fraction of sp³-hybridized carbons (Fsp3) is 0.385. The third kappa shape index (κ3) is 2.73. The van der Waals surface area contributed by atoms with E-state index in [1.165, 1.54) is 11.1 Å². The van der Waals surface area contributed by atoms with Crippen molar-refractivity contribution in [3.8, 4) is 0 Å². The van der Waals surface area contributed by atoms with Crippen LogP contribution >= 0.6 is 0 Å². The van der Waals surface area contributed by atoms with Gasteiger partial charge in [0.1, 0.15) is 0 Å². The monoisotopic (exact) mass is 174 g/mol. The zero-order valence-corrected chi connectivity index (χ0v) is 8.59. The topological polar surface area (TPSA) is 0 Å². The molecule has 1 unspecified atom stereocenters. The molecule has 0 saturated heterocycles. The highest BCUT2D eigenvalue weighted by molar-refractivity contribution is 5.26. The van der Waals surface area contributed by atoms with Gasteiger partial charge in [-0.1, -0.05) is 44.2 Å². The molecule has 0 fully saturated rings. The lowest BCUT2D eigenvalue weighted by molar-refractivity contribution is 0.780. The van der Waals surface area contributed by atoms with Crippen LogP contribution in [-0.2, 0) is 6.42 Å². The van der Waals surface area contributed by atoms with Crippen LogP contribution in [0, 0.1) is 0 Å². The van der Waals surface area contributed by atoms with Crippen molar-refractivity contribution in [2.24, 2.45) is 0 Å². The van der Waals surface area contributed by atoms with Crippen LogP contribution in [0.5, 0.6) is 0 Å². The van der Waals surface area contributed by atoms with E-state index < -0.39 is 0 Å². The summed E-state index contributed by atoms with van der Waals surface area (Å²) in [6, 6.07) is 8.83. The maximum absolute atomic E-state index is 3.77. The first kappa shape index (κ1) is 10.0. The van der Waals surface area contributed by atoms with E-state index >= 15 is 0 Å². The predicted octanol–water partition coefficient (Wildman–Crippen LogP) is 3.93. The van der Waals surface area contributed by atoms with Gasteiger partial charge in [0.15, 0.2) is 0 Å². The zero-order chi connectivity index (χ0) is 9.68. The maximum atomic E-state index is 3.77. The number of benzene rings is 1. The van der Waals surface area contributed by atoms with E-state index in [0.717, 1.165) is 12.8 Å². The average Bonchev–Trinajstić information content (AvgIpc) is 2.18. The van der Waals surface area contributed by atoms with Gasteiger partial charge < -0.3 is 0 Å². The fourth-order valence-electron chi connectivity index (χ4n) is 1.51. The van der Waals surface area contributed by atoms with Crippen LogP contribution in [0.2, 0.25) is 0 Å². The van der Waals surface area contributed by atoms with Crippen molar-refractivity contribution in [2.75, 3.05) is 0 Å². The Labute approximate surface area is 81.3 Å². The van der Waals surface area contributed by atoms with Crippen LogP contribution in [0.4, 0.5) is 0 Å². The Balaban J connectivity index is 2.81. The molecule has 0 heterocycles. The maximum Gasteiger partial charge on any atom is -0.0156 e. The molecule has 1 aromatic carbocycles. The summed E-state index contributed by atoms with van der Waals surface area (Å²) in [6.45, 7) is 8.21. The van der Waals surface area contributed by atoms with E-state index in [9.17, 15) is 0 Å². The molecular weight excluding hydrogens is 156 g/mol. The van der Waals surface area contributed by atoms with E-state index in [4.69, 9.17) is 0 Å². The molecular formula is C13H18. The van der Waals surface area contributed by atoms with Gasteiger partial charge in [-0.3, -0.25) is 0 Å². The van der Waals surface area contributed by atoms with Gasteiger partial charge in [0.25, 0.3) is 0 Å². The Bertz CT molecular complexity index is 273. The molecule has 0 N–H and O–H groups in total. The van der Waals surface area contributed by atoms with E-state index in [1.807, 2.05) is 6.08 Å². The van der Waals surface area contributed by atoms with Crippen LogP contribution < -0.4 is 0 Å². The van der Waals surface area contributed by atoms with E-state index in [-0.39, 0.29) is 0 Å². The summed E-state index contributed by atoms with van der Waals surface area (Å²) < 4.78 is 0. The molecule has 1 rings (SSSR count). The lowest BCUT2D eigenvalue weighted by Crippen LogP contribution is -1.92. The van der Waals surface area contributed by atoms with Gasteiger partial charge in [-0.25, -0.2) is 0 Å². The molecule has 0 heteroatoms.